The van der Waals surface area contributed by atoms with Gasteiger partial charge in [0.25, 0.3) is 11.8 Å². The number of nitrogen functional groups attached to an aromatic ring is 1. The van der Waals surface area contributed by atoms with Gasteiger partial charge in [0.15, 0.2) is 11.5 Å². The van der Waals surface area contributed by atoms with Crippen LogP contribution in [-0.4, -0.2) is 48.7 Å². The molecule has 3 aromatic heterocycles. The summed E-state index contributed by atoms with van der Waals surface area (Å²) in [7, 11) is 0. The van der Waals surface area contributed by atoms with Gasteiger partial charge in [0.1, 0.15) is 11.3 Å². The van der Waals surface area contributed by atoms with Crippen molar-refractivity contribution in [2.75, 3.05) is 11.1 Å². The van der Waals surface area contributed by atoms with Crippen molar-refractivity contribution in [2.45, 2.75) is 38.7 Å². The van der Waals surface area contributed by atoms with Crippen LogP contribution < -0.4 is 15.8 Å². The highest BCUT2D eigenvalue weighted by Gasteiger charge is 2.42. The van der Waals surface area contributed by atoms with E-state index in [2.05, 4.69) is 25.1 Å². The lowest BCUT2D eigenvalue weighted by molar-refractivity contribution is -0.274. The predicted octanol–water partition coefficient (Wildman–Crippen LogP) is 4.28. The summed E-state index contributed by atoms with van der Waals surface area (Å²) in [6.07, 6.45) is 1.48. The number of hydrogen-bond donors (Lipinski definition) is 2. The minimum Gasteiger partial charge on any atom is -0.405 e. The van der Waals surface area contributed by atoms with Gasteiger partial charge in [-0.25, -0.2) is 9.50 Å². The Balaban J connectivity index is 1.41. The summed E-state index contributed by atoms with van der Waals surface area (Å²) in [6, 6.07) is 7.40. The van der Waals surface area contributed by atoms with Crippen molar-refractivity contribution < 1.29 is 27.5 Å². The number of rotatable bonds is 6. The highest BCUT2D eigenvalue weighted by atomic mass is 19.4. The largest absolute Gasteiger partial charge is 0.573 e. The topological polar surface area (TPSA) is 128 Å². The molecule has 1 atom stereocenters. The van der Waals surface area contributed by atoms with E-state index in [1.54, 1.807) is 23.1 Å². The van der Waals surface area contributed by atoms with Crippen molar-refractivity contribution in [1.82, 2.24) is 24.5 Å². The smallest absolute Gasteiger partial charge is 0.405 e. The number of pyridine rings is 1. The first kappa shape index (κ1) is 24.6. The quantitative estimate of drug-likeness (QED) is 0.376. The van der Waals surface area contributed by atoms with Gasteiger partial charge in [0.2, 0.25) is 0 Å². The predicted molar refractivity (Wildman–Crippen MR) is 134 cm³/mol. The maximum absolute atomic E-state index is 13.4. The van der Waals surface area contributed by atoms with Gasteiger partial charge in [-0.15, -0.1) is 18.3 Å². The number of alkyl halides is 3. The molecule has 1 aliphatic carbocycles. The molecule has 4 heterocycles. The second-order valence-electron chi connectivity index (χ2n) is 9.60. The molecule has 200 valence electrons. The summed E-state index contributed by atoms with van der Waals surface area (Å²) < 4.78 is 45.7. The van der Waals surface area contributed by atoms with Crippen LogP contribution in [0.3, 0.4) is 0 Å². The van der Waals surface area contributed by atoms with E-state index in [9.17, 15) is 22.8 Å². The van der Waals surface area contributed by atoms with Gasteiger partial charge in [-0.05, 0) is 61.6 Å². The lowest BCUT2D eigenvalue weighted by Crippen LogP contribution is -2.34. The van der Waals surface area contributed by atoms with Crippen LogP contribution in [0.5, 0.6) is 5.75 Å². The number of halogens is 3. The molecule has 1 unspecified atom stereocenters. The van der Waals surface area contributed by atoms with Gasteiger partial charge in [0.05, 0.1) is 11.3 Å². The number of hydrogen-bond acceptors (Lipinski definition) is 7. The Morgan fingerprint density at radius 2 is 1.95 bits per heavy atom. The first-order chi connectivity index (χ1) is 18.6. The molecule has 1 fully saturated rings. The fourth-order valence-corrected chi connectivity index (χ4v) is 4.91. The first-order valence-corrected chi connectivity index (χ1v) is 12.2. The molecule has 4 aromatic rings. The number of nitrogens with two attached hydrogens (primary N) is 1. The summed E-state index contributed by atoms with van der Waals surface area (Å²) in [6.45, 7) is 2.07. The number of anilines is 2. The van der Waals surface area contributed by atoms with Crippen LogP contribution in [0.15, 0.2) is 48.9 Å². The van der Waals surface area contributed by atoms with Crippen molar-refractivity contribution in [3.8, 4) is 17.0 Å². The van der Waals surface area contributed by atoms with E-state index in [0.29, 0.717) is 17.2 Å². The molecule has 0 saturated heterocycles. The fourth-order valence-electron chi connectivity index (χ4n) is 4.91. The Morgan fingerprint density at radius 1 is 1.21 bits per heavy atom. The third-order valence-corrected chi connectivity index (χ3v) is 6.99. The Hall–Kier alpha value is -4.68. The highest BCUT2D eigenvalue weighted by molar-refractivity contribution is 6.11. The lowest BCUT2D eigenvalue weighted by atomic mass is 10.0. The van der Waals surface area contributed by atoms with Crippen LogP contribution in [0.2, 0.25) is 0 Å². The minimum absolute atomic E-state index is 0.00111. The molecule has 13 heteroatoms. The zero-order valence-corrected chi connectivity index (χ0v) is 20.6. The summed E-state index contributed by atoms with van der Waals surface area (Å²) in [4.78, 5) is 36.2. The van der Waals surface area contributed by atoms with Gasteiger partial charge >= 0.3 is 6.36 Å². The molecular weight excluding hydrogens is 515 g/mol. The average Bonchev–Trinajstić information content (AvgIpc) is 3.60. The number of benzene rings is 1. The van der Waals surface area contributed by atoms with E-state index in [0.717, 1.165) is 18.9 Å². The number of nitrogens with one attached hydrogen (secondary N) is 1. The van der Waals surface area contributed by atoms with Crippen molar-refractivity contribution in [3.63, 3.8) is 0 Å². The molecule has 0 bridgehead atoms. The van der Waals surface area contributed by atoms with E-state index in [-0.39, 0.29) is 46.4 Å². The van der Waals surface area contributed by atoms with Crippen LogP contribution in [0.4, 0.5) is 24.7 Å². The molecule has 39 heavy (non-hydrogen) atoms. The van der Waals surface area contributed by atoms with Crippen LogP contribution in [0, 0.1) is 5.92 Å². The zero-order chi connectivity index (χ0) is 27.5. The standard InChI is InChI=1S/C26H22F3N7O3/c1-13(14-2-3-14)35-12-16-10-15(11-19(20(16)25(35)38)39-26(27,28)29)18-6-9-36-23(33-18)21(22(30)34-36)24(37)32-17-4-7-31-8-5-17/h4-11,13-14H,2-3,12H2,1H3,(H2,30,34)(H,31,32,37). The number of nitrogens with zero attached hydrogens (tertiary/aromatic N) is 5. The third kappa shape index (κ3) is 4.60. The second-order valence-corrected chi connectivity index (χ2v) is 9.60. The molecule has 3 N–H and O–H groups in total. The van der Waals surface area contributed by atoms with E-state index in [1.807, 2.05) is 6.92 Å². The lowest BCUT2D eigenvalue weighted by Gasteiger charge is -2.24. The molecule has 10 nitrogen and oxygen atoms in total. The van der Waals surface area contributed by atoms with Crippen LogP contribution in [-0.2, 0) is 6.54 Å². The second kappa shape index (κ2) is 8.96. The molecule has 0 spiro atoms. The zero-order valence-electron chi connectivity index (χ0n) is 20.6. The molecule has 1 aliphatic heterocycles. The maximum atomic E-state index is 13.4. The summed E-state index contributed by atoms with van der Waals surface area (Å²) in [5, 5.41) is 6.83. The Labute approximate surface area is 219 Å². The Kier molecular flexibility index (Phi) is 5.66. The summed E-state index contributed by atoms with van der Waals surface area (Å²) in [5.41, 5.74) is 7.44. The van der Waals surface area contributed by atoms with E-state index in [1.165, 1.54) is 29.2 Å². The number of fused-ring (bicyclic) bond motifs is 2. The molecule has 6 rings (SSSR count). The summed E-state index contributed by atoms with van der Waals surface area (Å²) in [5.74, 6) is -1.38. The minimum atomic E-state index is -5.00. The Bertz CT molecular complexity index is 1620. The summed E-state index contributed by atoms with van der Waals surface area (Å²) >= 11 is 0. The monoisotopic (exact) mass is 537 g/mol. The number of amides is 2. The molecule has 2 amide bonds. The SMILES string of the molecule is CC(C1CC1)N1Cc2cc(-c3ccn4nc(N)c(C(=O)Nc5ccncc5)c4n3)cc(OC(F)(F)F)c2C1=O. The highest BCUT2D eigenvalue weighted by Crippen LogP contribution is 2.42. The van der Waals surface area contributed by atoms with Gasteiger partial charge < -0.3 is 20.7 Å². The van der Waals surface area contributed by atoms with Crippen molar-refractivity contribution >= 4 is 29.0 Å². The van der Waals surface area contributed by atoms with Gasteiger partial charge in [-0.1, -0.05) is 0 Å². The maximum Gasteiger partial charge on any atom is 0.573 e. The number of carbonyl (C=O) groups is 2. The fraction of sp³-hybridized carbons (Fsp3) is 0.269. The molecule has 2 aliphatic rings. The molecule has 1 saturated carbocycles. The van der Waals surface area contributed by atoms with E-state index in [4.69, 9.17) is 5.73 Å². The molecular formula is C26H22F3N7O3. The van der Waals surface area contributed by atoms with Gasteiger partial charge in [-0.2, -0.15) is 0 Å². The van der Waals surface area contributed by atoms with Gasteiger partial charge in [0, 0.05) is 42.4 Å². The van der Waals surface area contributed by atoms with Crippen molar-refractivity contribution in [2.24, 2.45) is 5.92 Å². The Morgan fingerprint density at radius 3 is 2.64 bits per heavy atom. The van der Waals surface area contributed by atoms with Crippen LogP contribution >= 0.6 is 0 Å². The van der Waals surface area contributed by atoms with Crippen molar-refractivity contribution in [3.05, 3.63) is 65.6 Å². The number of aromatic nitrogens is 4. The first-order valence-electron chi connectivity index (χ1n) is 12.2. The average molecular weight is 538 g/mol. The van der Waals surface area contributed by atoms with Crippen LogP contribution in [0.25, 0.3) is 16.9 Å². The number of carbonyl (C=O) groups excluding carboxylic acids is 2. The van der Waals surface area contributed by atoms with E-state index < -0.39 is 23.9 Å². The van der Waals surface area contributed by atoms with Crippen molar-refractivity contribution in [1.29, 1.82) is 0 Å². The third-order valence-electron chi connectivity index (χ3n) is 6.99. The molecule has 0 radical (unpaired) electrons. The van der Waals surface area contributed by atoms with E-state index >= 15 is 0 Å². The number of ether oxygens (including phenoxy) is 1. The molecule has 1 aromatic carbocycles. The normalized spacial score (nSPS) is 15.9. The van der Waals surface area contributed by atoms with Gasteiger partial charge in [-0.3, -0.25) is 14.6 Å². The van der Waals surface area contributed by atoms with Crippen LogP contribution in [0.1, 0.15) is 46.0 Å².